The first-order chi connectivity index (χ1) is 16.1. The molecule has 2 heterocycles. The summed E-state index contributed by atoms with van der Waals surface area (Å²) >= 11 is 0. The lowest BCUT2D eigenvalue weighted by Gasteiger charge is -2.32. The molecule has 0 unspecified atom stereocenters. The number of hydrogen-bond donors (Lipinski definition) is 2. The zero-order valence-corrected chi connectivity index (χ0v) is 19.2. The molecule has 0 bridgehead atoms. The molecule has 9 heteroatoms. The summed E-state index contributed by atoms with van der Waals surface area (Å²) in [5, 5.41) is 10.4. The van der Waals surface area contributed by atoms with Crippen LogP contribution in [0, 0.1) is 0 Å². The second kappa shape index (κ2) is 9.31. The molecule has 0 aliphatic carbocycles. The SMILES string of the molecule is CCc1ccc(Oc2c(C(F)(F)F)oc3c(C[NH+]4C[C@H](C)O[C@@H](C)C4)c(O)ccc3c2=O)cc1. The Balaban J connectivity index is 1.82. The number of ether oxygens (including phenoxy) is 2. The fourth-order valence-electron chi connectivity index (χ4n) is 4.43. The van der Waals surface area contributed by atoms with Crippen molar-refractivity contribution in [3.63, 3.8) is 0 Å². The maximum atomic E-state index is 14.0. The van der Waals surface area contributed by atoms with Crippen molar-refractivity contribution < 1.29 is 37.1 Å². The maximum Gasteiger partial charge on any atom is 0.453 e. The lowest BCUT2D eigenvalue weighted by Crippen LogP contribution is -3.14. The van der Waals surface area contributed by atoms with Crippen molar-refractivity contribution in [1.82, 2.24) is 0 Å². The summed E-state index contributed by atoms with van der Waals surface area (Å²) < 4.78 is 58.4. The van der Waals surface area contributed by atoms with Crippen LogP contribution in [0.4, 0.5) is 13.2 Å². The standard InChI is InChI=1S/C25H26F3NO5/c1-4-16-5-7-17(8-6-16)33-23-21(31)18-9-10-20(30)19(22(18)34-24(23)25(26,27)28)13-29-11-14(2)32-15(3)12-29/h5-10,14-15,30H,4,11-13H2,1-3H3/p+1/t14-,15-/m0/s1. The van der Waals surface area contributed by atoms with Gasteiger partial charge in [0, 0.05) is 0 Å². The molecular weight excluding hydrogens is 451 g/mol. The number of aryl methyl sites for hydroxylation is 1. The third-order valence-electron chi connectivity index (χ3n) is 5.95. The van der Waals surface area contributed by atoms with E-state index in [2.05, 4.69) is 0 Å². The van der Waals surface area contributed by atoms with E-state index in [0.717, 1.165) is 16.9 Å². The Morgan fingerprint density at radius 2 is 1.74 bits per heavy atom. The first-order valence-corrected chi connectivity index (χ1v) is 11.2. The van der Waals surface area contributed by atoms with E-state index in [1.807, 2.05) is 20.8 Å². The van der Waals surface area contributed by atoms with E-state index in [9.17, 15) is 23.1 Å². The number of phenolic OH excluding ortho intramolecular Hbond substituents is 1. The second-order valence-electron chi connectivity index (χ2n) is 8.72. The molecule has 2 atom stereocenters. The summed E-state index contributed by atoms with van der Waals surface area (Å²) in [7, 11) is 0. The number of benzene rings is 2. The van der Waals surface area contributed by atoms with Crippen molar-refractivity contribution in [3.05, 3.63) is 63.5 Å². The maximum absolute atomic E-state index is 14.0. The minimum atomic E-state index is -4.98. The van der Waals surface area contributed by atoms with Gasteiger partial charge in [0.05, 0.1) is 10.9 Å². The monoisotopic (exact) mass is 478 g/mol. The zero-order valence-electron chi connectivity index (χ0n) is 19.2. The molecule has 0 amide bonds. The molecule has 3 aromatic rings. The molecule has 0 saturated carbocycles. The van der Waals surface area contributed by atoms with Crippen LogP contribution in [0.2, 0.25) is 0 Å². The van der Waals surface area contributed by atoms with Crippen LogP contribution in [0.15, 0.2) is 45.6 Å². The molecule has 34 heavy (non-hydrogen) atoms. The molecule has 1 saturated heterocycles. The van der Waals surface area contributed by atoms with Crippen LogP contribution in [0.25, 0.3) is 11.0 Å². The summed E-state index contributed by atoms with van der Waals surface area (Å²) in [4.78, 5) is 14.2. The first kappa shape index (κ1) is 24.1. The van der Waals surface area contributed by atoms with E-state index >= 15 is 0 Å². The number of aromatic hydroxyl groups is 1. The average molecular weight is 478 g/mol. The number of hydrogen-bond acceptors (Lipinski definition) is 5. The van der Waals surface area contributed by atoms with Crippen LogP contribution in [0.1, 0.15) is 37.7 Å². The Morgan fingerprint density at radius 1 is 1.09 bits per heavy atom. The van der Waals surface area contributed by atoms with Crippen molar-refractivity contribution >= 4 is 11.0 Å². The van der Waals surface area contributed by atoms with Crippen molar-refractivity contribution in [2.45, 2.75) is 52.1 Å². The second-order valence-corrected chi connectivity index (χ2v) is 8.72. The van der Waals surface area contributed by atoms with Crippen molar-refractivity contribution in [3.8, 4) is 17.2 Å². The molecule has 1 fully saturated rings. The number of halogens is 3. The minimum Gasteiger partial charge on any atom is -0.507 e. The van der Waals surface area contributed by atoms with Crippen LogP contribution in [0.3, 0.4) is 0 Å². The van der Waals surface area contributed by atoms with Gasteiger partial charge in [-0.05, 0) is 50.1 Å². The Morgan fingerprint density at radius 3 is 2.32 bits per heavy atom. The fourth-order valence-corrected chi connectivity index (χ4v) is 4.43. The third-order valence-corrected chi connectivity index (χ3v) is 5.95. The quantitative estimate of drug-likeness (QED) is 0.579. The van der Waals surface area contributed by atoms with E-state index < -0.39 is 23.1 Å². The molecule has 2 N–H and O–H groups in total. The predicted molar refractivity (Wildman–Crippen MR) is 119 cm³/mol. The van der Waals surface area contributed by atoms with Crippen LogP contribution in [-0.4, -0.2) is 30.4 Å². The molecule has 6 nitrogen and oxygen atoms in total. The Hall–Kier alpha value is -3.04. The molecule has 4 rings (SSSR count). The lowest BCUT2D eigenvalue weighted by molar-refractivity contribution is -0.928. The summed E-state index contributed by atoms with van der Waals surface area (Å²) in [6.07, 6.45) is -4.33. The Kier molecular flexibility index (Phi) is 6.60. The van der Waals surface area contributed by atoms with E-state index in [-0.39, 0.29) is 46.8 Å². The molecule has 0 radical (unpaired) electrons. The van der Waals surface area contributed by atoms with Gasteiger partial charge >= 0.3 is 6.18 Å². The van der Waals surface area contributed by atoms with Gasteiger partial charge in [-0.3, -0.25) is 4.79 Å². The van der Waals surface area contributed by atoms with Gasteiger partial charge in [0.1, 0.15) is 43.3 Å². The third kappa shape index (κ3) is 4.90. The molecule has 182 valence electrons. The zero-order chi connectivity index (χ0) is 24.6. The molecule has 1 aliphatic heterocycles. The van der Waals surface area contributed by atoms with Crippen molar-refractivity contribution in [2.24, 2.45) is 0 Å². The van der Waals surface area contributed by atoms with E-state index in [1.54, 1.807) is 12.1 Å². The van der Waals surface area contributed by atoms with Crippen LogP contribution in [-0.2, 0) is 23.9 Å². The number of rotatable bonds is 5. The number of alkyl halides is 3. The van der Waals surface area contributed by atoms with Gasteiger partial charge in [-0.1, -0.05) is 19.1 Å². The van der Waals surface area contributed by atoms with Gasteiger partial charge < -0.3 is 23.9 Å². The largest absolute Gasteiger partial charge is 0.507 e. The average Bonchev–Trinajstić information content (AvgIpc) is 2.76. The smallest absolute Gasteiger partial charge is 0.453 e. The number of nitrogens with one attached hydrogen (secondary N) is 1. The van der Waals surface area contributed by atoms with Gasteiger partial charge in [0.25, 0.3) is 5.76 Å². The van der Waals surface area contributed by atoms with Gasteiger partial charge in [0.15, 0.2) is 5.58 Å². The Bertz CT molecular complexity index is 1230. The van der Waals surface area contributed by atoms with Gasteiger partial charge in [-0.15, -0.1) is 0 Å². The highest BCUT2D eigenvalue weighted by atomic mass is 19.4. The highest BCUT2D eigenvalue weighted by molar-refractivity contribution is 5.83. The van der Waals surface area contributed by atoms with Crippen LogP contribution in [0.5, 0.6) is 17.2 Å². The van der Waals surface area contributed by atoms with E-state index in [4.69, 9.17) is 13.9 Å². The van der Waals surface area contributed by atoms with E-state index in [0.29, 0.717) is 13.1 Å². The lowest BCUT2D eigenvalue weighted by atomic mass is 10.1. The minimum absolute atomic E-state index is 0.0484. The summed E-state index contributed by atoms with van der Waals surface area (Å²) in [6, 6.07) is 9.01. The fraction of sp³-hybridized carbons (Fsp3) is 0.400. The topological polar surface area (TPSA) is 73.3 Å². The highest BCUT2D eigenvalue weighted by Gasteiger charge is 2.41. The van der Waals surface area contributed by atoms with Crippen molar-refractivity contribution in [1.29, 1.82) is 0 Å². The normalized spacial score (nSPS) is 21.1. The van der Waals surface area contributed by atoms with Gasteiger partial charge in [0.2, 0.25) is 11.2 Å². The molecule has 1 aliphatic rings. The summed E-state index contributed by atoms with van der Waals surface area (Å²) in [6.45, 7) is 7.16. The molecule has 0 spiro atoms. The summed E-state index contributed by atoms with van der Waals surface area (Å²) in [5.41, 5.74) is -0.114. The number of quaternary nitrogens is 1. The van der Waals surface area contributed by atoms with Crippen LogP contribution < -0.4 is 15.1 Å². The first-order valence-electron chi connectivity index (χ1n) is 11.2. The van der Waals surface area contributed by atoms with Gasteiger partial charge in [-0.2, -0.15) is 13.2 Å². The Labute approximate surface area is 194 Å². The molecule has 1 aromatic heterocycles. The summed E-state index contributed by atoms with van der Waals surface area (Å²) in [5.74, 6) is -2.60. The van der Waals surface area contributed by atoms with Gasteiger partial charge in [-0.25, -0.2) is 0 Å². The predicted octanol–water partition coefficient (Wildman–Crippen LogP) is 4.06. The van der Waals surface area contributed by atoms with Crippen LogP contribution >= 0.6 is 0 Å². The molecule has 2 aromatic carbocycles. The number of phenols is 1. The van der Waals surface area contributed by atoms with E-state index in [1.165, 1.54) is 24.3 Å². The highest BCUT2D eigenvalue weighted by Crippen LogP contribution is 2.39. The number of fused-ring (bicyclic) bond motifs is 1. The number of morpholine rings is 1. The molecular formula is C25H27F3NO5+. The van der Waals surface area contributed by atoms with Crippen molar-refractivity contribution in [2.75, 3.05) is 13.1 Å².